The molecule has 1 aliphatic carbocycles. The molecule has 0 spiro atoms. The minimum absolute atomic E-state index is 0.161. The van der Waals surface area contributed by atoms with Crippen molar-refractivity contribution in [2.24, 2.45) is 5.73 Å². The van der Waals surface area contributed by atoms with E-state index in [1.165, 1.54) is 0 Å². The van der Waals surface area contributed by atoms with Gasteiger partial charge in [-0.25, -0.2) is 9.97 Å². The van der Waals surface area contributed by atoms with Crippen LogP contribution in [0.2, 0.25) is 5.15 Å². The van der Waals surface area contributed by atoms with Gasteiger partial charge in [0, 0.05) is 12.0 Å². The molecule has 1 aromatic heterocycles. The van der Waals surface area contributed by atoms with Crippen molar-refractivity contribution in [3.05, 3.63) is 29.4 Å². The quantitative estimate of drug-likeness (QED) is 0.913. The molecular formula is C15H17ClN4O. The normalized spacial score (nSPS) is 17.0. The van der Waals surface area contributed by atoms with E-state index in [0.29, 0.717) is 16.9 Å². The standard InChI is InChI=1S/C15H17ClN4O/c16-13-14(19-11-6-2-1-5-10(11)18-13)20-12(21)9-15(17)7-3-4-8-15/h1-2,5-6H,3-4,7-9,17H2,(H,19,20,21). The van der Waals surface area contributed by atoms with Gasteiger partial charge in [-0.1, -0.05) is 36.6 Å². The van der Waals surface area contributed by atoms with Crippen LogP contribution in [0.4, 0.5) is 5.82 Å². The lowest BCUT2D eigenvalue weighted by Gasteiger charge is -2.22. The first-order valence-corrected chi connectivity index (χ1v) is 7.45. The minimum atomic E-state index is -0.388. The van der Waals surface area contributed by atoms with E-state index in [1.807, 2.05) is 24.3 Å². The van der Waals surface area contributed by atoms with Crippen LogP contribution in [0.25, 0.3) is 11.0 Å². The fourth-order valence-corrected chi connectivity index (χ4v) is 2.99. The lowest BCUT2D eigenvalue weighted by molar-refractivity contribution is -0.117. The molecular weight excluding hydrogens is 288 g/mol. The molecule has 1 amide bonds. The molecule has 1 aromatic carbocycles. The Hall–Kier alpha value is -1.72. The first-order chi connectivity index (χ1) is 10.1. The molecule has 5 nitrogen and oxygen atoms in total. The third-order valence-corrected chi connectivity index (χ3v) is 4.16. The molecule has 0 atom stereocenters. The first-order valence-electron chi connectivity index (χ1n) is 7.07. The van der Waals surface area contributed by atoms with Crippen molar-refractivity contribution in [1.29, 1.82) is 0 Å². The molecule has 21 heavy (non-hydrogen) atoms. The number of halogens is 1. The van der Waals surface area contributed by atoms with Gasteiger partial charge in [-0.15, -0.1) is 0 Å². The lowest BCUT2D eigenvalue weighted by atomic mass is 9.94. The largest absolute Gasteiger partial charge is 0.325 e. The first kappa shape index (κ1) is 14.2. The number of aromatic nitrogens is 2. The highest BCUT2D eigenvalue weighted by Crippen LogP contribution is 2.30. The highest BCUT2D eigenvalue weighted by atomic mass is 35.5. The summed E-state index contributed by atoms with van der Waals surface area (Å²) in [7, 11) is 0. The molecule has 6 heteroatoms. The number of fused-ring (bicyclic) bond motifs is 1. The highest BCUT2D eigenvalue weighted by molar-refractivity contribution is 6.32. The van der Waals surface area contributed by atoms with E-state index in [0.717, 1.165) is 25.7 Å². The van der Waals surface area contributed by atoms with Gasteiger partial charge >= 0.3 is 0 Å². The van der Waals surface area contributed by atoms with E-state index in [1.54, 1.807) is 0 Å². The summed E-state index contributed by atoms with van der Waals surface area (Å²) in [5.74, 6) is 0.132. The molecule has 3 N–H and O–H groups in total. The number of hydrogen-bond donors (Lipinski definition) is 2. The SMILES string of the molecule is NC1(CC(=O)Nc2nc3ccccc3nc2Cl)CCCC1. The third-order valence-electron chi connectivity index (χ3n) is 3.90. The maximum atomic E-state index is 12.1. The number of anilines is 1. The summed E-state index contributed by atoms with van der Waals surface area (Å²) in [6.07, 6.45) is 4.23. The molecule has 0 bridgehead atoms. The van der Waals surface area contributed by atoms with Crippen LogP contribution < -0.4 is 11.1 Å². The number of carbonyl (C=O) groups is 1. The topological polar surface area (TPSA) is 80.9 Å². The van der Waals surface area contributed by atoms with Crippen LogP contribution in [0.3, 0.4) is 0 Å². The molecule has 110 valence electrons. The summed E-state index contributed by atoms with van der Waals surface area (Å²) < 4.78 is 0. The van der Waals surface area contributed by atoms with Crippen LogP contribution in [0, 0.1) is 0 Å². The second kappa shape index (κ2) is 5.58. The Kier molecular flexibility index (Phi) is 3.78. The molecule has 0 unspecified atom stereocenters. The fourth-order valence-electron chi connectivity index (χ4n) is 2.81. The smallest absolute Gasteiger partial charge is 0.227 e. The Balaban J connectivity index is 1.77. The zero-order valence-corrected chi connectivity index (χ0v) is 12.4. The van der Waals surface area contributed by atoms with Crippen LogP contribution in [-0.2, 0) is 4.79 Å². The summed E-state index contributed by atoms with van der Waals surface area (Å²) in [6.45, 7) is 0. The molecule has 1 saturated carbocycles. The highest BCUT2D eigenvalue weighted by Gasteiger charge is 2.32. The summed E-state index contributed by atoms with van der Waals surface area (Å²) in [4.78, 5) is 20.7. The number of amides is 1. The van der Waals surface area contributed by atoms with Gasteiger partial charge in [-0.3, -0.25) is 4.79 Å². The van der Waals surface area contributed by atoms with Crippen molar-refractivity contribution in [2.75, 3.05) is 5.32 Å². The molecule has 0 aliphatic heterocycles. The Morgan fingerprint density at radius 1 is 1.24 bits per heavy atom. The van der Waals surface area contributed by atoms with Crippen LogP contribution in [0.5, 0.6) is 0 Å². The molecule has 0 saturated heterocycles. The van der Waals surface area contributed by atoms with Crippen molar-refractivity contribution in [1.82, 2.24) is 9.97 Å². The van der Waals surface area contributed by atoms with Crippen LogP contribution >= 0.6 is 11.6 Å². The van der Waals surface area contributed by atoms with E-state index < -0.39 is 0 Å². The zero-order chi connectivity index (χ0) is 14.9. The van der Waals surface area contributed by atoms with Crippen LogP contribution in [0.15, 0.2) is 24.3 Å². The summed E-state index contributed by atoms with van der Waals surface area (Å²) in [5, 5.41) is 2.92. The van der Waals surface area contributed by atoms with Gasteiger partial charge in [0.05, 0.1) is 11.0 Å². The fraction of sp³-hybridized carbons (Fsp3) is 0.400. The Bertz CT molecular complexity index is 682. The number of carbonyl (C=O) groups excluding carboxylic acids is 1. The second-order valence-electron chi connectivity index (χ2n) is 5.65. The van der Waals surface area contributed by atoms with Gasteiger partial charge in [0.1, 0.15) is 0 Å². The number of para-hydroxylation sites is 2. The third kappa shape index (κ3) is 3.14. The van der Waals surface area contributed by atoms with Gasteiger partial charge in [0.25, 0.3) is 0 Å². The van der Waals surface area contributed by atoms with E-state index in [-0.39, 0.29) is 23.0 Å². The predicted octanol–water partition coefficient (Wildman–Crippen LogP) is 2.88. The van der Waals surface area contributed by atoms with Gasteiger partial charge in [0.2, 0.25) is 5.91 Å². The summed E-state index contributed by atoms with van der Waals surface area (Å²) in [5.41, 5.74) is 7.22. The average molecular weight is 305 g/mol. The molecule has 1 aliphatic rings. The Morgan fingerprint density at radius 3 is 2.52 bits per heavy atom. The number of nitrogens with zero attached hydrogens (tertiary/aromatic N) is 2. The summed E-state index contributed by atoms with van der Waals surface area (Å²) in [6, 6.07) is 7.39. The molecule has 0 radical (unpaired) electrons. The van der Waals surface area contributed by atoms with Crippen LogP contribution in [-0.4, -0.2) is 21.4 Å². The Labute approximate surface area is 127 Å². The minimum Gasteiger partial charge on any atom is -0.325 e. The summed E-state index contributed by atoms with van der Waals surface area (Å²) >= 11 is 6.08. The van der Waals surface area contributed by atoms with Gasteiger partial charge in [-0.05, 0) is 25.0 Å². The molecule has 1 fully saturated rings. The maximum absolute atomic E-state index is 12.1. The number of nitrogens with two attached hydrogens (primary N) is 1. The number of rotatable bonds is 3. The molecule has 3 rings (SSSR count). The zero-order valence-electron chi connectivity index (χ0n) is 11.6. The van der Waals surface area contributed by atoms with Crippen LogP contribution in [0.1, 0.15) is 32.1 Å². The monoisotopic (exact) mass is 304 g/mol. The van der Waals surface area contributed by atoms with Crippen molar-refractivity contribution < 1.29 is 4.79 Å². The number of nitrogens with one attached hydrogen (secondary N) is 1. The Morgan fingerprint density at radius 2 is 1.86 bits per heavy atom. The number of hydrogen-bond acceptors (Lipinski definition) is 4. The van der Waals surface area contributed by atoms with Crippen molar-refractivity contribution in [3.63, 3.8) is 0 Å². The second-order valence-corrected chi connectivity index (χ2v) is 6.00. The molecule has 2 aromatic rings. The maximum Gasteiger partial charge on any atom is 0.227 e. The average Bonchev–Trinajstić information content (AvgIpc) is 2.86. The van der Waals surface area contributed by atoms with E-state index in [2.05, 4.69) is 15.3 Å². The van der Waals surface area contributed by atoms with Gasteiger partial charge in [-0.2, -0.15) is 0 Å². The van der Waals surface area contributed by atoms with Crippen molar-refractivity contribution >= 4 is 34.4 Å². The van der Waals surface area contributed by atoms with E-state index in [4.69, 9.17) is 17.3 Å². The van der Waals surface area contributed by atoms with E-state index in [9.17, 15) is 4.79 Å². The van der Waals surface area contributed by atoms with Gasteiger partial charge < -0.3 is 11.1 Å². The predicted molar refractivity (Wildman–Crippen MR) is 83.2 cm³/mol. The van der Waals surface area contributed by atoms with Crippen molar-refractivity contribution in [2.45, 2.75) is 37.6 Å². The van der Waals surface area contributed by atoms with E-state index >= 15 is 0 Å². The van der Waals surface area contributed by atoms with Gasteiger partial charge in [0.15, 0.2) is 11.0 Å². The number of benzene rings is 1. The van der Waals surface area contributed by atoms with Crippen molar-refractivity contribution in [3.8, 4) is 0 Å². The molecule has 1 heterocycles. The lowest BCUT2D eigenvalue weighted by Crippen LogP contribution is -2.40.